The number of rotatable bonds is 3. The first-order valence-electron chi connectivity index (χ1n) is 9.54. The Bertz CT molecular complexity index is 553. The van der Waals surface area contributed by atoms with Crippen LogP contribution in [0.25, 0.3) is 0 Å². The van der Waals surface area contributed by atoms with Crippen LogP contribution in [0.2, 0.25) is 0 Å². The molecule has 4 rings (SSSR count). The zero-order chi connectivity index (χ0) is 15.7. The van der Waals surface area contributed by atoms with Gasteiger partial charge in [-0.05, 0) is 31.1 Å². The molecule has 1 spiro atoms. The number of carbonyl (C=O) groups is 1. The topological polar surface area (TPSA) is 38.1 Å². The summed E-state index contributed by atoms with van der Waals surface area (Å²) in [5.41, 5.74) is 1.53. The molecule has 23 heavy (non-hydrogen) atoms. The molecule has 0 radical (unpaired) electrons. The molecule has 0 aromatic carbocycles. The molecule has 2 heterocycles. The van der Waals surface area contributed by atoms with Gasteiger partial charge in [-0.3, -0.25) is 4.79 Å². The summed E-state index contributed by atoms with van der Waals surface area (Å²) in [6.45, 7) is 1.73. The normalized spacial score (nSPS) is 25.4. The van der Waals surface area contributed by atoms with Crippen LogP contribution in [0.5, 0.6) is 0 Å². The fourth-order valence-electron chi connectivity index (χ4n) is 5.10. The van der Waals surface area contributed by atoms with Gasteiger partial charge < -0.3 is 9.47 Å². The largest absolute Gasteiger partial charge is 0.336 e. The van der Waals surface area contributed by atoms with Gasteiger partial charge in [0.15, 0.2) is 0 Å². The average Bonchev–Trinajstić information content (AvgIpc) is 3.15. The summed E-state index contributed by atoms with van der Waals surface area (Å²) in [5.74, 6) is 0.364. The Morgan fingerprint density at radius 2 is 1.83 bits per heavy atom. The standard InChI is InChI=1S/C19H29N3O/c23-18-11-19(9-5-2-6-10-19)14-21(18)13-17-12-20-15-22(17)16-7-3-1-4-8-16/h12,15-16H,1-11,13-14H2. The molecule has 1 aromatic rings. The Kier molecular flexibility index (Phi) is 4.16. The number of imidazole rings is 1. The van der Waals surface area contributed by atoms with Crippen molar-refractivity contribution in [2.45, 2.75) is 83.2 Å². The summed E-state index contributed by atoms with van der Waals surface area (Å²) >= 11 is 0. The summed E-state index contributed by atoms with van der Waals surface area (Å²) in [6, 6.07) is 0.600. The van der Waals surface area contributed by atoms with Gasteiger partial charge in [0.1, 0.15) is 0 Å². The van der Waals surface area contributed by atoms with E-state index in [0.717, 1.165) is 19.5 Å². The van der Waals surface area contributed by atoms with Gasteiger partial charge in [0.2, 0.25) is 5.91 Å². The maximum absolute atomic E-state index is 12.6. The smallest absolute Gasteiger partial charge is 0.223 e. The number of hydrogen-bond acceptors (Lipinski definition) is 2. The molecule has 4 nitrogen and oxygen atoms in total. The van der Waals surface area contributed by atoms with Crippen molar-refractivity contribution in [3.63, 3.8) is 0 Å². The van der Waals surface area contributed by atoms with Gasteiger partial charge in [0, 0.05) is 25.2 Å². The van der Waals surface area contributed by atoms with Gasteiger partial charge in [0.25, 0.3) is 0 Å². The molecule has 2 saturated carbocycles. The average molecular weight is 315 g/mol. The van der Waals surface area contributed by atoms with E-state index in [0.29, 0.717) is 17.4 Å². The Balaban J connectivity index is 1.46. The Morgan fingerprint density at radius 3 is 2.61 bits per heavy atom. The minimum Gasteiger partial charge on any atom is -0.336 e. The third-order valence-electron chi connectivity index (χ3n) is 6.39. The fraction of sp³-hybridized carbons (Fsp3) is 0.789. The minimum absolute atomic E-state index is 0.297. The zero-order valence-electron chi connectivity index (χ0n) is 14.2. The molecule has 0 unspecified atom stereocenters. The summed E-state index contributed by atoms with van der Waals surface area (Å²) in [5, 5.41) is 0. The van der Waals surface area contributed by atoms with E-state index in [1.807, 2.05) is 12.5 Å². The Labute approximate surface area is 139 Å². The maximum Gasteiger partial charge on any atom is 0.223 e. The molecule has 126 valence electrons. The molecule has 0 N–H and O–H groups in total. The first kappa shape index (κ1) is 15.2. The lowest BCUT2D eigenvalue weighted by molar-refractivity contribution is -0.128. The summed E-state index contributed by atoms with van der Waals surface area (Å²) < 4.78 is 2.36. The number of aromatic nitrogens is 2. The van der Waals surface area contributed by atoms with E-state index in [-0.39, 0.29) is 0 Å². The highest BCUT2D eigenvalue weighted by atomic mass is 16.2. The summed E-state index contributed by atoms with van der Waals surface area (Å²) in [4.78, 5) is 19.1. The van der Waals surface area contributed by atoms with Crippen molar-refractivity contribution < 1.29 is 4.79 Å². The lowest BCUT2D eigenvalue weighted by Gasteiger charge is -2.32. The highest BCUT2D eigenvalue weighted by Gasteiger charge is 2.43. The van der Waals surface area contributed by atoms with Crippen molar-refractivity contribution in [3.8, 4) is 0 Å². The monoisotopic (exact) mass is 315 g/mol. The first-order chi connectivity index (χ1) is 11.3. The van der Waals surface area contributed by atoms with Crippen molar-refractivity contribution in [2.24, 2.45) is 5.41 Å². The van der Waals surface area contributed by atoms with Crippen molar-refractivity contribution in [1.82, 2.24) is 14.5 Å². The van der Waals surface area contributed by atoms with E-state index < -0.39 is 0 Å². The van der Waals surface area contributed by atoms with Crippen LogP contribution < -0.4 is 0 Å². The lowest BCUT2D eigenvalue weighted by Crippen LogP contribution is -2.30. The molecule has 4 heteroatoms. The van der Waals surface area contributed by atoms with E-state index in [2.05, 4.69) is 14.5 Å². The van der Waals surface area contributed by atoms with Crippen LogP contribution in [-0.4, -0.2) is 26.9 Å². The molecule has 0 bridgehead atoms. The van der Waals surface area contributed by atoms with Gasteiger partial charge in [0.05, 0.1) is 18.6 Å². The molecule has 2 aliphatic carbocycles. The molecule has 1 aromatic heterocycles. The Hall–Kier alpha value is -1.32. The Morgan fingerprint density at radius 1 is 1.09 bits per heavy atom. The van der Waals surface area contributed by atoms with Gasteiger partial charge in [-0.2, -0.15) is 0 Å². The van der Waals surface area contributed by atoms with E-state index >= 15 is 0 Å². The molecular formula is C19H29N3O. The summed E-state index contributed by atoms with van der Waals surface area (Å²) in [7, 11) is 0. The van der Waals surface area contributed by atoms with Crippen molar-refractivity contribution in [2.75, 3.05) is 6.54 Å². The van der Waals surface area contributed by atoms with Gasteiger partial charge in [-0.1, -0.05) is 38.5 Å². The van der Waals surface area contributed by atoms with Crippen LogP contribution in [0.4, 0.5) is 0 Å². The van der Waals surface area contributed by atoms with Crippen molar-refractivity contribution >= 4 is 5.91 Å². The van der Waals surface area contributed by atoms with Crippen LogP contribution in [0.1, 0.15) is 82.4 Å². The van der Waals surface area contributed by atoms with E-state index in [4.69, 9.17) is 0 Å². The van der Waals surface area contributed by atoms with Crippen molar-refractivity contribution in [1.29, 1.82) is 0 Å². The molecule has 1 aliphatic heterocycles. The van der Waals surface area contributed by atoms with Crippen LogP contribution >= 0.6 is 0 Å². The minimum atomic E-state index is 0.297. The van der Waals surface area contributed by atoms with Gasteiger partial charge >= 0.3 is 0 Å². The lowest BCUT2D eigenvalue weighted by atomic mass is 9.73. The van der Waals surface area contributed by atoms with E-state index in [1.165, 1.54) is 69.9 Å². The highest BCUT2D eigenvalue weighted by molar-refractivity contribution is 5.79. The fourth-order valence-corrected chi connectivity index (χ4v) is 5.10. The van der Waals surface area contributed by atoms with Crippen LogP contribution in [0.3, 0.4) is 0 Å². The molecular weight excluding hydrogens is 286 g/mol. The second kappa shape index (κ2) is 6.29. The number of hydrogen-bond donors (Lipinski definition) is 0. The highest BCUT2D eigenvalue weighted by Crippen LogP contribution is 2.44. The maximum atomic E-state index is 12.6. The quantitative estimate of drug-likeness (QED) is 0.843. The number of carbonyl (C=O) groups excluding carboxylic acids is 1. The molecule has 3 fully saturated rings. The van der Waals surface area contributed by atoms with E-state index in [1.54, 1.807) is 0 Å². The summed E-state index contributed by atoms with van der Waals surface area (Å²) in [6.07, 6.45) is 17.8. The van der Waals surface area contributed by atoms with Gasteiger partial charge in [-0.25, -0.2) is 4.98 Å². The number of nitrogens with zero attached hydrogens (tertiary/aromatic N) is 3. The van der Waals surface area contributed by atoms with E-state index in [9.17, 15) is 4.79 Å². The van der Waals surface area contributed by atoms with Crippen LogP contribution in [-0.2, 0) is 11.3 Å². The second-order valence-electron chi connectivity index (χ2n) is 8.07. The molecule has 1 saturated heterocycles. The predicted octanol–water partition coefficient (Wildman–Crippen LogP) is 4.07. The molecule has 0 atom stereocenters. The van der Waals surface area contributed by atoms with Crippen LogP contribution in [0, 0.1) is 5.41 Å². The van der Waals surface area contributed by atoms with Gasteiger partial charge in [-0.15, -0.1) is 0 Å². The third-order valence-corrected chi connectivity index (χ3v) is 6.39. The second-order valence-corrected chi connectivity index (χ2v) is 8.07. The third kappa shape index (κ3) is 3.05. The molecule has 3 aliphatic rings. The van der Waals surface area contributed by atoms with Crippen molar-refractivity contribution in [3.05, 3.63) is 18.2 Å². The molecule has 1 amide bonds. The predicted molar refractivity (Wildman–Crippen MR) is 89.9 cm³/mol. The first-order valence-corrected chi connectivity index (χ1v) is 9.54. The number of likely N-dealkylation sites (tertiary alicyclic amines) is 1. The number of amides is 1. The SMILES string of the molecule is O=C1CC2(CCCCC2)CN1Cc1cncn1C1CCCCC1. The van der Waals surface area contributed by atoms with Crippen LogP contribution in [0.15, 0.2) is 12.5 Å². The zero-order valence-corrected chi connectivity index (χ0v) is 14.2.